The van der Waals surface area contributed by atoms with Crippen molar-refractivity contribution in [2.24, 2.45) is 5.73 Å². The molecule has 0 saturated heterocycles. The van der Waals surface area contributed by atoms with Gasteiger partial charge in [-0.1, -0.05) is 7.92 Å². The van der Waals surface area contributed by atoms with E-state index in [1.165, 1.54) is 0 Å². The Morgan fingerprint density at radius 1 is 1.50 bits per heavy atom. The second-order valence-electron chi connectivity index (χ2n) is 2.24. The lowest BCUT2D eigenvalue weighted by molar-refractivity contribution is 0.233. The number of aliphatic hydroxyl groups is 1. The first-order valence-electron chi connectivity index (χ1n) is 2.65. The molecule has 0 bridgehead atoms. The zero-order valence-corrected chi connectivity index (χ0v) is 6.52. The predicted molar refractivity (Wildman–Crippen MR) is 38.4 cm³/mol. The first-order chi connectivity index (χ1) is 3.55. The van der Waals surface area contributed by atoms with Crippen molar-refractivity contribution < 1.29 is 5.11 Å². The lowest BCUT2D eigenvalue weighted by Crippen LogP contribution is -2.29. The van der Waals surface area contributed by atoms with Crippen LogP contribution in [0.15, 0.2) is 0 Å². The summed E-state index contributed by atoms with van der Waals surface area (Å²) in [6, 6.07) is -0.0730. The number of rotatable bonds is 2. The van der Waals surface area contributed by atoms with E-state index in [1.807, 2.05) is 20.3 Å². The highest BCUT2D eigenvalue weighted by Gasteiger charge is 2.11. The molecule has 0 aromatic heterocycles. The van der Waals surface area contributed by atoms with Gasteiger partial charge in [0.1, 0.15) is 0 Å². The lowest BCUT2D eigenvalue weighted by Gasteiger charge is -2.17. The quantitative estimate of drug-likeness (QED) is 0.538. The number of aliphatic hydroxyl groups excluding tert-OH is 1. The molecule has 2 unspecified atom stereocenters. The Hall–Kier alpha value is 0.350. The summed E-state index contributed by atoms with van der Waals surface area (Å²) in [5.41, 5.74) is 5.40. The fourth-order valence-electron chi connectivity index (χ4n) is 0.470. The molecule has 0 amide bonds. The third-order valence-electron chi connectivity index (χ3n) is 0.999. The van der Waals surface area contributed by atoms with Crippen LogP contribution in [0.5, 0.6) is 0 Å². The van der Waals surface area contributed by atoms with Crippen LogP contribution in [0.25, 0.3) is 0 Å². The first kappa shape index (κ1) is 8.35. The van der Waals surface area contributed by atoms with Crippen LogP contribution in [0.4, 0.5) is 0 Å². The Morgan fingerprint density at radius 3 is 1.88 bits per heavy atom. The topological polar surface area (TPSA) is 46.2 Å². The van der Waals surface area contributed by atoms with Gasteiger partial charge < -0.3 is 10.8 Å². The van der Waals surface area contributed by atoms with Crippen molar-refractivity contribution in [1.29, 1.82) is 0 Å². The Labute approximate surface area is 51.8 Å². The number of hydrogen-bond donors (Lipinski definition) is 2. The molecule has 0 rings (SSSR count). The average Bonchev–Trinajstić information content (AvgIpc) is 1.64. The maximum absolute atomic E-state index is 9.11. The van der Waals surface area contributed by atoms with Gasteiger partial charge in [-0.15, -0.1) is 0 Å². The molecule has 3 heteroatoms. The molecule has 2 atom stereocenters. The minimum Gasteiger partial charge on any atom is -0.387 e. The van der Waals surface area contributed by atoms with Crippen LogP contribution >= 0.6 is 7.92 Å². The van der Waals surface area contributed by atoms with E-state index in [2.05, 4.69) is 0 Å². The molecule has 0 aliphatic carbocycles. The summed E-state index contributed by atoms with van der Waals surface area (Å²) >= 11 is 0. The minimum absolute atomic E-state index is 0.0730. The molecule has 0 saturated carbocycles. The lowest BCUT2D eigenvalue weighted by atomic mass is 10.4. The normalized spacial score (nSPS) is 18.8. The highest BCUT2D eigenvalue weighted by molar-refractivity contribution is 7.56. The van der Waals surface area contributed by atoms with E-state index in [0.717, 1.165) is 0 Å². The molecule has 0 aromatic rings. The summed E-state index contributed by atoms with van der Waals surface area (Å²) in [7, 11) is -0.271. The van der Waals surface area contributed by atoms with Crippen molar-refractivity contribution in [2.75, 3.05) is 13.3 Å². The minimum atomic E-state index is -0.287. The van der Waals surface area contributed by atoms with Crippen LogP contribution in [0, 0.1) is 0 Å². The van der Waals surface area contributed by atoms with Crippen LogP contribution in [0.3, 0.4) is 0 Å². The predicted octanol–water partition coefficient (Wildman–Crippen LogP) is 0.394. The summed E-state index contributed by atoms with van der Waals surface area (Å²) in [4.78, 5) is 0. The fourth-order valence-corrected chi connectivity index (χ4v) is 1.41. The SMILES string of the molecule is CC(N)C(O)P(C)C. The molecule has 3 N–H and O–H groups in total. The van der Waals surface area contributed by atoms with E-state index in [4.69, 9.17) is 10.8 Å². The van der Waals surface area contributed by atoms with Crippen LogP contribution in [0.1, 0.15) is 6.92 Å². The average molecular weight is 135 g/mol. The molecule has 0 aliphatic rings. The van der Waals surface area contributed by atoms with Gasteiger partial charge >= 0.3 is 0 Å². The third-order valence-corrected chi connectivity index (χ3v) is 2.53. The van der Waals surface area contributed by atoms with Gasteiger partial charge in [0, 0.05) is 6.04 Å². The maximum atomic E-state index is 9.11. The van der Waals surface area contributed by atoms with E-state index in [-0.39, 0.29) is 19.8 Å². The maximum Gasteiger partial charge on any atom is 0.0872 e. The van der Waals surface area contributed by atoms with Crippen LogP contribution in [-0.4, -0.2) is 30.3 Å². The van der Waals surface area contributed by atoms with Gasteiger partial charge in [0.15, 0.2) is 0 Å². The summed E-state index contributed by atoms with van der Waals surface area (Å²) in [5.74, 6) is -0.287. The van der Waals surface area contributed by atoms with Gasteiger partial charge in [0.25, 0.3) is 0 Å². The highest BCUT2D eigenvalue weighted by atomic mass is 31.1. The Morgan fingerprint density at radius 2 is 1.88 bits per heavy atom. The van der Waals surface area contributed by atoms with Crippen molar-refractivity contribution in [3.63, 3.8) is 0 Å². The Bertz CT molecular complexity index is 57.4. The van der Waals surface area contributed by atoms with Crippen molar-refractivity contribution >= 4 is 7.92 Å². The van der Waals surface area contributed by atoms with Crippen molar-refractivity contribution in [3.05, 3.63) is 0 Å². The van der Waals surface area contributed by atoms with E-state index in [1.54, 1.807) is 0 Å². The summed E-state index contributed by atoms with van der Waals surface area (Å²) < 4.78 is 0. The molecule has 8 heavy (non-hydrogen) atoms. The third kappa shape index (κ3) is 2.61. The Kier molecular flexibility index (Phi) is 3.54. The molecule has 0 aromatic carbocycles. The zero-order valence-electron chi connectivity index (χ0n) is 5.63. The first-order valence-corrected chi connectivity index (χ1v) is 4.96. The van der Waals surface area contributed by atoms with E-state index < -0.39 is 0 Å². The van der Waals surface area contributed by atoms with Crippen molar-refractivity contribution in [1.82, 2.24) is 0 Å². The number of nitrogens with two attached hydrogens (primary N) is 1. The van der Waals surface area contributed by atoms with Gasteiger partial charge in [-0.05, 0) is 20.3 Å². The van der Waals surface area contributed by atoms with Crippen LogP contribution in [0.2, 0.25) is 0 Å². The van der Waals surface area contributed by atoms with Gasteiger partial charge in [-0.2, -0.15) is 0 Å². The van der Waals surface area contributed by atoms with Gasteiger partial charge in [0.05, 0.1) is 5.85 Å². The monoisotopic (exact) mass is 135 g/mol. The number of hydrogen-bond acceptors (Lipinski definition) is 2. The molecular weight excluding hydrogens is 121 g/mol. The van der Waals surface area contributed by atoms with Crippen molar-refractivity contribution in [3.8, 4) is 0 Å². The van der Waals surface area contributed by atoms with E-state index in [9.17, 15) is 0 Å². The molecule has 2 nitrogen and oxygen atoms in total. The van der Waals surface area contributed by atoms with Crippen LogP contribution < -0.4 is 5.73 Å². The van der Waals surface area contributed by atoms with E-state index in [0.29, 0.717) is 0 Å². The van der Waals surface area contributed by atoms with E-state index >= 15 is 0 Å². The Balaban J connectivity index is 3.46. The molecule has 0 radical (unpaired) electrons. The summed E-state index contributed by atoms with van der Waals surface area (Å²) in [6.07, 6.45) is 0. The molecule has 0 fully saturated rings. The van der Waals surface area contributed by atoms with Crippen molar-refractivity contribution in [2.45, 2.75) is 18.8 Å². The largest absolute Gasteiger partial charge is 0.387 e. The fraction of sp³-hybridized carbons (Fsp3) is 1.00. The second kappa shape index (κ2) is 3.39. The summed E-state index contributed by atoms with van der Waals surface area (Å²) in [6.45, 7) is 5.86. The highest BCUT2D eigenvalue weighted by Crippen LogP contribution is 2.31. The van der Waals surface area contributed by atoms with Gasteiger partial charge in [0.2, 0.25) is 0 Å². The molecule has 0 spiro atoms. The summed E-state index contributed by atoms with van der Waals surface area (Å²) in [5, 5.41) is 9.11. The molecular formula is C5H14NOP. The molecule has 50 valence electrons. The zero-order chi connectivity index (χ0) is 6.73. The standard InChI is InChI=1S/C5H14NOP/c1-4(6)5(7)8(2)3/h4-5,7H,6H2,1-3H3. The van der Waals surface area contributed by atoms with Gasteiger partial charge in [-0.3, -0.25) is 0 Å². The second-order valence-corrected chi connectivity index (χ2v) is 4.69. The molecule has 0 heterocycles. The smallest absolute Gasteiger partial charge is 0.0872 e. The molecule has 0 aliphatic heterocycles. The van der Waals surface area contributed by atoms with Crippen LogP contribution in [-0.2, 0) is 0 Å². The van der Waals surface area contributed by atoms with Gasteiger partial charge in [-0.25, -0.2) is 0 Å².